The van der Waals surface area contributed by atoms with Crippen molar-refractivity contribution in [3.63, 3.8) is 0 Å². The first kappa shape index (κ1) is 13.2. The maximum Gasteiger partial charge on any atom is 0.0606 e. The van der Waals surface area contributed by atoms with Gasteiger partial charge >= 0.3 is 0 Å². The summed E-state index contributed by atoms with van der Waals surface area (Å²) in [6.07, 6.45) is 4.50. The van der Waals surface area contributed by atoms with Crippen molar-refractivity contribution in [2.45, 2.75) is 19.4 Å². The van der Waals surface area contributed by atoms with E-state index in [1.807, 2.05) is 37.6 Å². The van der Waals surface area contributed by atoms with Crippen LogP contribution < -0.4 is 5.32 Å². The summed E-state index contributed by atoms with van der Waals surface area (Å²) >= 11 is 3.39. The molecule has 0 saturated carbocycles. The van der Waals surface area contributed by atoms with Crippen LogP contribution in [0.25, 0.3) is 0 Å². The van der Waals surface area contributed by atoms with Crippen LogP contribution in [0.15, 0.2) is 41.1 Å². The van der Waals surface area contributed by atoms with Crippen molar-refractivity contribution in [3.8, 4) is 0 Å². The second-order valence-electron chi connectivity index (χ2n) is 4.22. The van der Waals surface area contributed by atoms with E-state index in [4.69, 9.17) is 0 Å². The van der Waals surface area contributed by atoms with Crippen LogP contribution in [0.4, 0.5) is 0 Å². The fourth-order valence-corrected chi connectivity index (χ4v) is 2.17. The van der Waals surface area contributed by atoms with Crippen LogP contribution in [-0.2, 0) is 6.42 Å². The van der Waals surface area contributed by atoms with Crippen LogP contribution in [0.5, 0.6) is 0 Å². The number of likely N-dealkylation sites (N-methyl/N-ethyl adjacent to an activating group) is 1. The summed E-state index contributed by atoms with van der Waals surface area (Å²) in [6, 6.07) is 8.29. The van der Waals surface area contributed by atoms with E-state index >= 15 is 0 Å². The van der Waals surface area contributed by atoms with E-state index in [0.717, 1.165) is 22.3 Å². The minimum absolute atomic E-state index is 0.194. The summed E-state index contributed by atoms with van der Waals surface area (Å²) in [7, 11) is 1.96. The Morgan fingerprint density at radius 1 is 1.28 bits per heavy atom. The lowest BCUT2D eigenvalue weighted by molar-refractivity contribution is 0.565. The lowest BCUT2D eigenvalue weighted by Crippen LogP contribution is -2.21. The summed E-state index contributed by atoms with van der Waals surface area (Å²) in [5.74, 6) is 0. The zero-order valence-electron chi connectivity index (χ0n) is 10.5. The fourth-order valence-electron chi connectivity index (χ4n) is 1.93. The Morgan fingerprint density at radius 3 is 2.72 bits per heavy atom. The zero-order valence-corrected chi connectivity index (χ0v) is 12.1. The average molecular weight is 306 g/mol. The Hall–Kier alpha value is -1.26. The van der Waals surface area contributed by atoms with Crippen LogP contribution in [-0.4, -0.2) is 17.0 Å². The van der Waals surface area contributed by atoms with Crippen molar-refractivity contribution in [1.29, 1.82) is 0 Å². The standard InChI is InChI=1S/C14H16BrN3/c1-10-4-3-7-17-14(10)13(16-2)8-12-6-5-11(15)9-18-12/h3-7,9,13,16H,8H2,1-2H3. The molecule has 0 aromatic carbocycles. The normalized spacial score (nSPS) is 12.4. The highest BCUT2D eigenvalue weighted by Gasteiger charge is 2.14. The summed E-state index contributed by atoms with van der Waals surface area (Å²) in [4.78, 5) is 8.87. The third-order valence-corrected chi connectivity index (χ3v) is 3.40. The topological polar surface area (TPSA) is 37.8 Å². The molecule has 2 aromatic rings. The number of nitrogens with zero attached hydrogens (tertiary/aromatic N) is 2. The first-order valence-electron chi connectivity index (χ1n) is 5.90. The second kappa shape index (κ2) is 6.07. The van der Waals surface area contributed by atoms with Gasteiger partial charge in [0, 0.05) is 29.0 Å². The quantitative estimate of drug-likeness (QED) is 0.943. The maximum absolute atomic E-state index is 4.46. The van der Waals surface area contributed by atoms with Gasteiger partial charge in [-0.1, -0.05) is 6.07 Å². The van der Waals surface area contributed by atoms with E-state index in [1.165, 1.54) is 5.56 Å². The molecule has 4 heteroatoms. The van der Waals surface area contributed by atoms with Crippen molar-refractivity contribution >= 4 is 15.9 Å². The number of halogens is 1. The summed E-state index contributed by atoms with van der Waals surface area (Å²) in [5, 5.41) is 3.31. The smallest absolute Gasteiger partial charge is 0.0606 e. The number of aromatic nitrogens is 2. The van der Waals surface area contributed by atoms with Crippen molar-refractivity contribution in [1.82, 2.24) is 15.3 Å². The Bertz CT molecular complexity index is 511. The highest BCUT2D eigenvalue weighted by molar-refractivity contribution is 9.10. The van der Waals surface area contributed by atoms with Gasteiger partial charge in [0.1, 0.15) is 0 Å². The molecule has 2 heterocycles. The van der Waals surface area contributed by atoms with Crippen molar-refractivity contribution in [2.75, 3.05) is 7.05 Å². The van der Waals surface area contributed by atoms with Gasteiger partial charge in [0.2, 0.25) is 0 Å². The van der Waals surface area contributed by atoms with E-state index in [1.54, 1.807) is 0 Å². The lowest BCUT2D eigenvalue weighted by atomic mass is 10.0. The Balaban J connectivity index is 2.20. The number of hydrogen-bond acceptors (Lipinski definition) is 3. The monoisotopic (exact) mass is 305 g/mol. The highest BCUT2D eigenvalue weighted by Crippen LogP contribution is 2.19. The van der Waals surface area contributed by atoms with Gasteiger partial charge in [-0.25, -0.2) is 0 Å². The molecule has 1 N–H and O–H groups in total. The number of aryl methyl sites for hydroxylation is 1. The van der Waals surface area contributed by atoms with Crippen LogP contribution in [0.1, 0.15) is 23.0 Å². The molecule has 0 fully saturated rings. The molecule has 0 spiro atoms. The molecule has 0 bridgehead atoms. The highest BCUT2D eigenvalue weighted by atomic mass is 79.9. The number of rotatable bonds is 4. The molecule has 0 aliphatic heterocycles. The van der Waals surface area contributed by atoms with Crippen molar-refractivity contribution < 1.29 is 0 Å². The maximum atomic E-state index is 4.46. The minimum atomic E-state index is 0.194. The summed E-state index contributed by atoms with van der Waals surface area (Å²) < 4.78 is 1.00. The first-order chi connectivity index (χ1) is 8.70. The van der Waals surface area contributed by atoms with Gasteiger partial charge in [0.25, 0.3) is 0 Å². The molecule has 0 amide bonds. The van der Waals surface area contributed by atoms with E-state index in [0.29, 0.717) is 0 Å². The zero-order chi connectivity index (χ0) is 13.0. The average Bonchev–Trinajstić information content (AvgIpc) is 2.39. The van der Waals surface area contributed by atoms with Gasteiger partial charge < -0.3 is 5.32 Å². The Labute approximate surface area is 116 Å². The predicted octanol–water partition coefficient (Wildman–Crippen LogP) is 3.05. The van der Waals surface area contributed by atoms with E-state index < -0.39 is 0 Å². The predicted molar refractivity (Wildman–Crippen MR) is 76.4 cm³/mol. The number of hydrogen-bond donors (Lipinski definition) is 1. The molecule has 1 unspecified atom stereocenters. The van der Waals surface area contributed by atoms with Crippen LogP contribution in [0.3, 0.4) is 0 Å². The van der Waals surface area contributed by atoms with Gasteiger partial charge in [-0.3, -0.25) is 9.97 Å². The Morgan fingerprint density at radius 2 is 2.11 bits per heavy atom. The van der Waals surface area contributed by atoms with Gasteiger partial charge in [0.05, 0.1) is 11.7 Å². The molecule has 2 aromatic heterocycles. The van der Waals surface area contributed by atoms with Crippen molar-refractivity contribution in [2.24, 2.45) is 0 Å². The third kappa shape index (κ3) is 3.15. The van der Waals surface area contributed by atoms with E-state index in [-0.39, 0.29) is 6.04 Å². The SMILES string of the molecule is CNC(Cc1ccc(Br)cn1)c1ncccc1C. The van der Waals surface area contributed by atoms with Gasteiger partial charge in [-0.05, 0) is 53.7 Å². The molecule has 1 atom stereocenters. The lowest BCUT2D eigenvalue weighted by Gasteiger charge is -2.17. The van der Waals surface area contributed by atoms with Gasteiger partial charge in [-0.2, -0.15) is 0 Å². The van der Waals surface area contributed by atoms with Crippen LogP contribution in [0, 0.1) is 6.92 Å². The summed E-state index contributed by atoms with van der Waals surface area (Å²) in [5.41, 5.74) is 3.35. The molecule has 0 saturated heterocycles. The molecule has 94 valence electrons. The minimum Gasteiger partial charge on any atom is -0.311 e. The molecule has 3 nitrogen and oxygen atoms in total. The molecule has 18 heavy (non-hydrogen) atoms. The van der Waals surface area contributed by atoms with Crippen LogP contribution in [0.2, 0.25) is 0 Å². The second-order valence-corrected chi connectivity index (χ2v) is 5.13. The molecular weight excluding hydrogens is 290 g/mol. The number of nitrogens with one attached hydrogen (secondary N) is 1. The van der Waals surface area contributed by atoms with Gasteiger partial charge in [0.15, 0.2) is 0 Å². The van der Waals surface area contributed by atoms with E-state index in [2.05, 4.69) is 44.2 Å². The molecule has 0 aliphatic rings. The third-order valence-electron chi connectivity index (χ3n) is 2.93. The fraction of sp³-hybridized carbons (Fsp3) is 0.286. The van der Waals surface area contributed by atoms with E-state index in [9.17, 15) is 0 Å². The molecular formula is C14H16BrN3. The molecule has 0 aliphatic carbocycles. The molecule has 0 radical (unpaired) electrons. The largest absolute Gasteiger partial charge is 0.311 e. The van der Waals surface area contributed by atoms with Crippen LogP contribution >= 0.6 is 15.9 Å². The number of pyridine rings is 2. The summed E-state index contributed by atoms with van der Waals surface area (Å²) in [6.45, 7) is 2.09. The first-order valence-corrected chi connectivity index (χ1v) is 6.69. The Kier molecular flexibility index (Phi) is 4.44. The van der Waals surface area contributed by atoms with Crippen molar-refractivity contribution in [3.05, 3.63) is 58.1 Å². The molecule has 2 rings (SSSR count). The van der Waals surface area contributed by atoms with Gasteiger partial charge in [-0.15, -0.1) is 0 Å².